The fourth-order valence-corrected chi connectivity index (χ4v) is 3.10. The first-order valence-corrected chi connectivity index (χ1v) is 9.39. The molecular weight excluding hydrogens is 356 g/mol. The number of aromatic amines is 1. The molecule has 0 aliphatic carbocycles. The molecule has 0 unspecified atom stereocenters. The lowest BCUT2D eigenvalue weighted by atomic mass is 10.1. The summed E-state index contributed by atoms with van der Waals surface area (Å²) in [4.78, 5) is 14.6. The second-order valence-electron chi connectivity index (χ2n) is 5.73. The van der Waals surface area contributed by atoms with Crippen molar-refractivity contribution >= 4 is 27.1 Å². The predicted molar refractivity (Wildman–Crippen MR) is 96.4 cm³/mol. The van der Waals surface area contributed by atoms with Gasteiger partial charge >= 0.3 is 6.09 Å². The van der Waals surface area contributed by atoms with Gasteiger partial charge in [-0.25, -0.2) is 4.79 Å². The van der Waals surface area contributed by atoms with Gasteiger partial charge in [-0.3, -0.25) is 4.55 Å². The molecule has 26 heavy (non-hydrogen) atoms. The minimum Gasteiger partial charge on any atom is -0.445 e. The van der Waals surface area contributed by atoms with Gasteiger partial charge in [0.2, 0.25) is 0 Å². The molecule has 1 heterocycles. The summed E-state index contributed by atoms with van der Waals surface area (Å²) in [7, 11) is -4.26. The molecule has 0 aliphatic heterocycles. The summed E-state index contributed by atoms with van der Waals surface area (Å²) in [6.45, 7) is 0.522. The molecule has 0 radical (unpaired) electrons. The van der Waals surface area contributed by atoms with Crippen LogP contribution in [0.15, 0.2) is 59.6 Å². The highest BCUT2D eigenvalue weighted by atomic mass is 32.2. The number of hydrogen-bond donors (Lipinski definition) is 3. The first-order valence-electron chi connectivity index (χ1n) is 7.95. The second-order valence-corrected chi connectivity index (χ2v) is 7.16. The molecule has 2 aromatic carbocycles. The zero-order valence-electron chi connectivity index (χ0n) is 13.8. The van der Waals surface area contributed by atoms with Crippen LogP contribution in [-0.2, 0) is 27.9 Å². The van der Waals surface area contributed by atoms with E-state index >= 15 is 0 Å². The number of amides is 1. The van der Waals surface area contributed by atoms with Gasteiger partial charge in [0.15, 0.2) is 0 Å². The Balaban J connectivity index is 1.57. The molecule has 0 saturated carbocycles. The molecule has 136 valence electrons. The first kappa shape index (κ1) is 18.0. The zero-order valence-corrected chi connectivity index (χ0v) is 14.6. The Morgan fingerprint density at radius 1 is 1.15 bits per heavy atom. The monoisotopic (exact) mass is 374 g/mol. The van der Waals surface area contributed by atoms with E-state index in [-0.39, 0.29) is 11.5 Å². The maximum atomic E-state index is 11.7. The Hall–Kier alpha value is -2.84. The van der Waals surface area contributed by atoms with Gasteiger partial charge < -0.3 is 15.0 Å². The Morgan fingerprint density at radius 3 is 2.65 bits per heavy atom. The number of carbonyl (C=O) groups excluding carboxylic acids is 1. The first-order chi connectivity index (χ1) is 12.4. The third-order valence-electron chi connectivity index (χ3n) is 3.91. The van der Waals surface area contributed by atoms with Crippen molar-refractivity contribution in [2.24, 2.45) is 0 Å². The molecule has 0 fully saturated rings. The van der Waals surface area contributed by atoms with Crippen LogP contribution in [0.4, 0.5) is 4.79 Å². The van der Waals surface area contributed by atoms with Gasteiger partial charge in [-0.05, 0) is 35.7 Å². The van der Waals surface area contributed by atoms with Gasteiger partial charge in [-0.1, -0.05) is 30.3 Å². The van der Waals surface area contributed by atoms with E-state index < -0.39 is 16.2 Å². The van der Waals surface area contributed by atoms with Crippen molar-refractivity contribution < 1.29 is 22.5 Å². The van der Waals surface area contributed by atoms with Gasteiger partial charge in [0, 0.05) is 23.6 Å². The lowest BCUT2D eigenvalue weighted by Crippen LogP contribution is -2.26. The molecular formula is C18H18N2O5S. The Bertz CT molecular complexity index is 1010. The molecule has 8 heteroatoms. The van der Waals surface area contributed by atoms with Gasteiger partial charge in [0.25, 0.3) is 10.1 Å². The van der Waals surface area contributed by atoms with Gasteiger partial charge in [-0.15, -0.1) is 0 Å². The molecule has 0 bridgehead atoms. The number of ether oxygens (including phenoxy) is 1. The van der Waals surface area contributed by atoms with E-state index in [1.807, 2.05) is 30.3 Å². The van der Waals surface area contributed by atoms with Crippen LogP contribution in [0.5, 0.6) is 0 Å². The standard InChI is InChI=1S/C18H18N2O5S/c21-18(25-12-13-4-2-1-3-5-13)19-9-8-14-11-20-17-7-6-15(10-16(14)17)26(22,23)24/h1-7,10-11,20H,8-9,12H2,(H,19,21)(H,22,23,24). The van der Waals surface area contributed by atoms with E-state index in [9.17, 15) is 13.2 Å². The van der Waals surface area contributed by atoms with E-state index in [0.29, 0.717) is 18.4 Å². The molecule has 0 saturated heterocycles. The lowest BCUT2D eigenvalue weighted by molar-refractivity contribution is 0.140. The average Bonchev–Trinajstić information content (AvgIpc) is 3.02. The van der Waals surface area contributed by atoms with Crippen molar-refractivity contribution in [2.75, 3.05) is 6.54 Å². The highest BCUT2D eigenvalue weighted by Gasteiger charge is 2.12. The molecule has 3 N–H and O–H groups in total. The Kier molecular flexibility index (Phi) is 5.24. The van der Waals surface area contributed by atoms with Crippen LogP contribution in [0.25, 0.3) is 10.9 Å². The molecule has 3 aromatic rings. The second kappa shape index (κ2) is 7.59. The summed E-state index contributed by atoms with van der Waals surface area (Å²) in [5.74, 6) is 0. The van der Waals surface area contributed by atoms with Crippen molar-refractivity contribution in [3.05, 3.63) is 65.9 Å². The predicted octanol–water partition coefficient (Wildman–Crippen LogP) is 2.88. The highest BCUT2D eigenvalue weighted by Crippen LogP contribution is 2.22. The minimum absolute atomic E-state index is 0.166. The Labute approximate surface area is 150 Å². The topological polar surface area (TPSA) is 108 Å². The summed E-state index contributed by atoms with van der Waals surface area (Å²) in [6.07, 6.45) is 1.71. The quantitative estimate of drug-likeness (QED) is 0.575. The number of fused-ring (bicyclic) bond motifs is 1. The molecule has 3 rings (SSSR count). The largest absolute Gasteiger partial charge is 0.445 e. The van der Waals surface area contributed by atoms with Gasteiger partial charge in [-0.2, -0.15) is 8.42 Å². The number of hydrogen-bond acceptors (Lipinski definition) is 4. The number of aromatic nitrogens is 1. The van der Waals surface area contributed by atoms with Crippen molar-refractivity contribution in [1.29, 1.82) is 0 Å². The van der Waals surface area contributed by atoms with Gasteiger partial charge in [0.1, 0.15) is 6.61 Å². The summed E-state index contributed by atoms with van der Waals surface area (Å²) in [5, 5.41) is 3.34. The lowest BCUT2D eigenvalue weighted by Gasteiger charge is -2.07. The van der Waals surface area contributed by atoms with Crippen LogP contribution in [0, 0.1) is 0 Å². The van der Waals surface area contributed by atoms with Crippen molar-refractivity contribution in [3.8, 4) is 0 Å². The SMILES string of the molecule is O=C(NCCc1c[nH]c2ccc(S(=O)(=O)O)cc12)OCc1ccccc1. The highest BCUT2D eigenvalue weighted by molar-refractivity contribution is 7.85. The number of H-pyrrole nitrogens is 1. The van der Waals surface area contributed by atoms with Crippen molar-refractivity contribution in [3.63, 3.8) is 0 Å². The normalized spacial score (nSPS) is 11.4. The number of alkyl carbamates (subject to hydrolysis) is 1. The number of benzene rings is 2. The number of rotatable bonds is 6. The Morgan fingerprint density at radius 2 is 1.92 bits per heavy atom. The fourth-order valence-electron chi connectivity index (χ4n) is 2.60. The molecule has 0 aliphatic rings. The molecule has 7 nitrogen and oxygen atoms in total. The van der Waals surface area contributed by atoms with E-state index in [4.69, 9.17) is 9.29 Å². The molecule has 0 spiro atoms. The van der Waals surface area contributed by atoms with Crippen molar-refractivity contribution in [1.82, 2.24) is 10.3 Å². The summed E-state index contributed by atoms with van der Waals surface area (Å²) in [6, 6.07) is 13.7. The van der Waals surface area contributed by atoms with Crippen LogP contribution in [0.3, 0.4) is 0 Å². The van der Waals surface area contributed by atoms with Crippen LogP contribution < -0.4 is 5.32 Å². The van der Waals surface area contributed by atoms with Gasteiger partial charge in [0.05, 0.1) is 4.90 Å². The zero-order chi connectivity index (χ0) is 18.6. The van der Waals surface area contributed by atoms with E-state index in [2.05, 4.69) is 10.3 Å². The molecule has 0 atom stereocenters. The number of nitrogens with one attached hydrogen (secondary N) is 2. The maximum absolute atomic E-state index is 11.7. The van der Waals surface area contributed by atoms with Crippen LogP contribution in [0.1, 0.15) is 11.1 Å². The van der Waals surface area contributed by atoms with Crippen LogP contribution in [-0.4, -0.2) is 30.6 Å². The summed E-state index contributed by atoms with van der Waals surface area (Å²) < 4.78 is 36.8. The molecule has 1 amide bonds. The summed E-state index contributed by atoms with van der Waals surface area (Å²) >= 11 is 0. The van der Waals surface area contributed by atoms with Crippen LogP contribution >= 0.6 is 0 Å². The fraction of sp³-hybridized carbons (Fsp3) is 0.167. The van der Waals surface area contributed by atoms with Crippen molar-refractivity contribution in [2.45, 2.75) is 17.9 Å². The molecule has 1 aromatic heterocycles. The third-order valence-corrected chi connectivity index (χ3v) is 4.76. The maximum Gasteiger partial charge on any atom is 0.407 e. The average molecular weight is 374 g/mol. The smallest absolute Gasteiger partial charge is 0.407 e. The minimum atomic E-state index is -4.26. The van der Waals surface area contributed by atoms with E-state index in [1.165, 1.54) is 12.1 Å². The van der Waals surface area contributed by atoms with Crippen LogP contribution in [0.2, 0.25) is 0 Å². The number of carbonyl (C=O) groups is 1. The third kappa shape index (κ3) is 4.41. The summed E-state index contributed by atoms with van der Waals surface area (Å²) in [5.41, 5.74) is 2.48. The van der Waals surface area contributed by atoms with E-state index in [1.54, 1.807) is 12.3 Å². The van der Waals surface area contributed by atoms with E-state index in [0.717, 1.165) is 16.6 Å².